The molecular formula is C20H20ClF3O4. The molecule has 0 amide bonds. The highest BCUT2D eigenvalue weighted by atomic mass is 35.5. The van der Waals surface area contributed by atoms with Gasteiger partial charge in [-0.3, -0.25) is 4.79 Å². The zero-order valence-corrected chi connectivity index (χ0v) is 15.9. The Balaban J connectivity index is 1.78. The second-order valence-corrected chi connectivity index (χ2v) is 6.67. The maximum absolute atomic E-state index is 12.7. The minimum absolute atomic E-state index is 0.0201. The maximum Gasteiger partial charge on any atom is 0.416 e. The van der Waals surface area contributed by atoms with Gasteiger partial charge >= 0.3 is 12.1 Å². The van der Waals surface area contributed by atoms with Crippen molar-refractivity contribution in [1.29, 1.82) is 0 Å². The van der Waals surface area contributed by atoms with Crippen molar-refractivity contribution >= 4 is 17.6 Å². The lowest BCUT2D eigenvalue weighted by atomic mass is 9.98. The predicted molar refractivity (Wildman–Crippen MR) is 99.2 cm³/mol. The highest BCUT2D eigenvalue weighted by Crippen LogP contribution is 2.35. The van der Waals surface area contributed by atoms with Crippen LogP contribution < -0.4 is 9.47 Å². The molecule has 1 N–H and O–H groups in total. The third-order valence-electron chi connectivity index (χ3n) is 4.00. The number of carboxylic acid groups (broad SMARTS) is 1. The second kappa shape index (κ2) is 9.68. The molecule has 1 atom stereocenters. The molecule has 2 aromatic rings. The van der Waals surface area contributed by atoms with E-state index in [1.807, 2.05) is 19.1 Å². The van der Waals surface area contributed by atoms with Crippen LogP contribution in [0.4, 0.5) is 13.2 Å². The van der Waals surface area contributed by atoms with Crippen molar-refractivity contribution in [2.45, 2.75) is 31.9 Å². The fourth-order valence-corrected chi connectivity index (χ4v) is 2.67. The van der Waals surface area contributed by atoms with Crippen LogP contribution in [0, 0.1) is 0 Å². The molecule has 0 radical (unpaired) electrons. The maximum atomic E-state index is 12.7. The first-order valence-electron chi connectivity index (χ1n) is 8.61. The molecule has 2 rings (SSSR count). The van der Waals surface area contributed by atoms with Crippen molar-refractivity contribution in [3.63, 3.8) is 0 Å². The summed E-state index contributed by atoms with van der Waals surface area (Å²) in [7, 11) is 0. The predicted octanol–water partition coefficient (Wildman–Crippen LogP) is 5.78. The van der Waals surface area contributed by atoms with E-state index in [0.29, 0.717) is 18.8 Å². The summed E-state index contributed by atoms with van der Waals surface area (Å²) in [6.07, 6.45) is -3.96. The van der Waals surface area contributed by atoms with Gasteiger partial charge in [-0.05, 0) is 41.8 Å². The van der Waals surface area contributed by atoms with Gasteiger partial charge in [-0.2, -0.15) is 13.2 Å². The van der Waals surface area contributed by atoms with Crippen molar-refractivity contribution in [2.24, 2.45) is 0 Å². The third kappa shape index (κ3) is 6.64. The van der Waals surface area contributed by atoms with Crippen LogP contribution in [0.1, 0.15) is 36.8 Å². The first-order valence-corrected chi connectivity index (χ1v) is 8.98. The van der Waals surface area contributed by atoms with Gasteiger partial charge in [0.1, 0.15) is 11.5 Å². The molecule has 0 heterocycles. The van der Waals surface area contributed by atoms with Gasteiger partial charge in [0.15, 0.2) is 0 Å². The summed E-state index contributed by atoms with van der Waals surface area (Å²) in [6, 6.07) is 10.0. The number of rotatable bonds is 9. The van der Waals surface area contributed by atoms with Crippen LogP contribution in [-0.4, -0.2) is 24.3 Å². The quantitative estimate of drug-likeness (QED) is 0.526. The van der Waals surface area contributed by atoms with E-state index in [1.165, 1.54) is 0 Å². The molecule has 8 heteroatoms. The van der Waals surface area contributed by atoms with Crippen molar-refractivity contribution in [3.8, 4) is 11.5 Å². The van der Waals surface area contributed by atoms with E-state index in [1.54, 1.807) is 12.1 Å². The van der Waals surface area contributed by atoms with Gasteiger partial charge in [-0.15, -0.1) is 0 Å². The number of alkyl halides is 3. The van der Waals surface area contributed by atoms with Gasteiger partial charge in [0.25, 0.3) is 0 Å². The molecule has 0 aliphatic heterocycles. The zero-order chi connectivity index (χ0) is 20.7. The van der Waals surface area contributed by atoms with Crippen LogP contribution >= 0.6 is 11.6 Å². The van der Waals surface area contributed by atoms with Crippen LogP contribution in [0.25, 0.3) is 0 Å². The number of carbonyl (C=O) groups is 1. The van der Waals surface area contributed by atoms with Gasteiger partial charge in [-0.1, -0.05) is 30.7 Å². The standard InChI is InChI=1S/C20H20ClF3O4/c1-13(11-19(25)26)14-3-6-16(7-4-14)27-9-2-10-28-18-12-15(20(22,23)24)5-8-17(18)21/h3-8,12-13H,2,9-11H2,1H3,(H,25,26). The summed E-state index contributed by atoms with van der Waals surface area (Å²) in [5.74, 6) is -0.359. The monoisotopic (exact) mass is 416 g/mol. The molecule has 0 aliphatic carbocycles. The van der Waals surface area contributed by atoms with Gasteiger partial charge in [0, 0.05) is 6.42 Å². The lowest BCUT2D eigenvalue weighted by Crippen LogP contribution is -2.08. The molecule has 0 fully saturated rings. The van der Waals surface area contributed by atoms with Gasteiger partial charge in [0.2, 0.25) is 0 Å². The number of hydrogen-bond acceptors (Lipinski definition) is 3. The van der Waals surface area contributed by atoms with E-state index >= 15 is 0 Å². The Hall–Kier alpha value is -2.41. The molecule has 2 aromatic carbocycles. The average molecular weight is 417 g/mol. The second-order valence-electron chi connectivity index (χ2n) is 6.26. The first kappa shape index (κ1) is 21.9. The largest absolute Gasteiger partial charge is 0.493 e. The molecular weight excluding hydrogens is 397 g/mol. The van der Waals surface area contributed by atoms with E-state index < -0.39 is 17.7 Å². The number of benzene rings is 2. The zero-order valence-electron chi connectivity index (χ0n) is 15.1. The van der Waals surface area contributed by atoms with E-state index in [-0.39, 0.29) is 29.7 Å². The summed E-state index contributed by atoms with van der Waals surface area (Å²) in [5.41, 5.74) is 0.0811. The molecule has 0 bridgehead atoms. The molecule has 0 aromatic heterocycles. The Morgan fingerprint density at radius 1 is 1.11 bits per heavy atom. The summed E-state index contributed by atoms with van der Waals surface area (Å²) in [4.78, 5) is 10.7. The van der Waals surface area contributed by atoms with Crippen LogP contribution in [0.5, 0.6) is 11.5 Å². The Morgan fingerprint density at radius 2 is 1.75 bits per heavy atom. The van der Waals surface area contributed by atoms with E-state index in [0.717, 1.165) is 23.8 Å². The molecule has 0 aliphatic rings. The summed E-state index contributed by atoms with van der Waals surface area (Å²) in [6.45, 7) is 2.29. The Morgan fingerprint density at radius 3 is 2.36 bits per heavy atom. The number of carboxylic acids is 1. The summed E-state index contributed by atoms with van der Waals surface area (Å²) in [5, 5.41) is 8.93. The number of ether oxygens (including phenoxy) is 2. The van der Waals surface area contributed by atoms with Crippen molar-refractivity contribution in [3.05, 3.63) is 58.6 Å². The van der Waals surface area contributed by atoms with Crippen LogP contribution in [0.3, 0.4) is 0 Å². The average Bonchev–Trinajstić information content (AvgIpc) is 2.61. The van der Waals surface area contributed by atoms with Crippen LogP contribution in [0.2, 0.25) is 5.02 Å². The molecule has 152 valence electrons. The topological polar surface area (TPSA) is 55.8 Å². The first-order chi connectivity index (χ1) is 13.2. The Bertz CT molecular complexity index is 791. The lowest BCUT2D eigenvalue weighted by Gasteiger charge is -2.13. The minimum atomic E-state index is -4.46. The fourth-order valence-electron chi connectivity index (χ4n) is 2.49. The number of halogens is 4. The molecule has 0 spiro atoms. The smallest absolute Gasteiger partial charge is 0.416 e. The fraction of sp³-hybridized carbons (Fsp3) is 0.350. The van der Waals surface area contributed by atoms with E-state index in [9.17, 15) is 18.0 Å². The van der Waals surface area contributed by atoms with Crippen molar-refractivity contribution in [2.75, 3.05) is 13.2 Å². The van der Waals surface area contributed by atoms with Gasteiger partial charge in [0.05, 0.1) is 30.2 Å². The minimum Gasteiger partial charge on any atom is -0.493 e. The lowest BCUT2D eigenvalue weighted by molar-refractivity contribution is -0.138. The third-order valence-corrected chi connectivity index (χ3v) is 4.32. The Labute approximate surface area is 165 Å². The van der Waals surface area contributed by atoms with Crippen LogP contribution in [0.15, 0.2) is 42.5 Å². The number of hydrogen-bond donors (Lipinski definition) is 1. The summed E-state index contributed by atoms with van der Waals surface area (Å²) < 4.78 is 49.1. The highest BCUT2D eigenvalue weighted by Gasteiger charge is 2.31. The summed E-state index contributed by atoms with van der Waals surface area (Å²) >= 11 is 5.87. The Kier molecular flexibility index (Phi) is 7.57. The van der Waals surface area contributed by atoms with Crippen molar-refractivity contribution < 1.29 is 32.5 Å². The SMILES string of the molecule is CC(CC(=O)O)c1ccc(OCCCOc2cc(C(F)(F)F)ccc2Cl)cc1. The molecule has 0 saturated heterocycles. The molecule has 0 saturated carbocycles. The van der Waals surface area contributed by atoms with Crippen molar-refractivity contribution in [1.82, 2.24) is 0 Å². The van der Waals surface area contributed by atoms with Crippen LogP contribution in [-0.2, 0) is 11.0 Å². The molecule has 4 nitrogen and oxygen atoms in total. The highest BCUT2D eigenvalue weighted by molar-refractivity contribution is 6.32. The van der Waals surface area contributed by atoms with E-state index in [2.05, 4.69) is 0 Å². The normalized spacial score (nSPS) is 12.5. The molecule has 1 unspecified atom stereocenters. The van der Waals surface area contributed by atoms with Gasteiger partial charge < -0.3 is 14.6 Å². The van der Waals surface area contributed by atoms with Gasteiger partial charge in [-0.25, -0.2) is 0 Å². The molecule has 28 heavy (non-hydrogen) atoms. The van der Waals surface area contributed by atoms with E-state index in [4.69, 9.17) is 26.2 Å². The number of aliphatic carboxylic acids is 1.